The number of aromatic nitrogens is 4. The molecule has 0 aliphatic carbocycles. The van der Waals surface area contributed by atoms with Crippen molar-refractivity contribution in [2.45, 2.75) is 13.3 Å². The van der Waals surface area contributed by atoms with E-state index in [2.05, 4.69) is 19.9 Å². The van der Waals surface area contributed by atoms with Gasteiger partial charge in [0.1, 0.15) is 17.1 Å². The van der Waals surface area contributed by atoms with Gasteiger partial charge >= 0.3 is 0 Å². The van der Waals surface area contributed by atoms with Crippen LogP contribution in [0.15, 0.2) is 30.6 Å². The molecule has 3 rings (SSSR count). The molecule has 122 valence electrons. The Balaban J connectivity index is 2.21. The van der Waals surface area contributed by atoms with Crippen molar-refractivity contribution in [1.82, 2.24) is 19.9 Å². The molecule has 0 fully saturated rings. The maximum absolute atomic E-state index is 14.2. The third-order valence-corrected chi connectivity index (χ3v) is 3.55. The summed E-state index contributed by atoms with van der Waals surface area (Å²) in [7, 11) is 0. The van der Waals surface area contributed by atoms with Crippen LogP contribution in [-0.2, 0) is 6.42 Å². The Morgan fingerprint density at radius 2 is 1.88 bits per heavy atom. The summed E-state index contributed by atoms with van der Waals surface area (Å²) in [5.74, 6) is -0.911. The standard InChI is InChI=1S/C16H15FN6O/c1-2-8-7-21-16(19)23-13(8)14-11(24)4-3-10(22-14)9-5-6-20-15(18)12(9)17/h3-7,24H,2H2,1H3,(H2,18,20)(H2,19,21,23). The molecule has 7 nitrogen and oxygen atoms in total. The van der Waals surface area contributed by atoms with Crippen LogP contribution in [0.2, 0.25) is 0 Å². The fourth-order valence-corrected chi connectivity index (χ4v) is 2.32. The molecule has 24 heavy (non-hydrogen) atoms. The van der Waals surface area contributed by atoms with Gasteiger partial charge in [-0.15, -0.1) is 0 Å². The number of nitrogens with two attached hydrogens (primary N) is 2. The zero-order chi connectivity index (χ0) is 17.3. The molecule has 0 aliphatic heterocycles. The molecule has 0 unspecified atom stereocenters. The predicted molar refractivity (Wildman–Crippen MR) is 88.3 cm³/mol. The lowest BCUT2D eigenvalue weighted by molar-refractivity contribution is 0.475. The molecule has 5 N–H and O–H groups in total. The van der Waals surface area contributed by atoms with Crippen molar-refractivity contribution in [3.05, 3.63) is 42.0 Å². The second-order valence-electron chi connectivity index (χ2n) is 5.08. The minimum absolute atomic E-state index is 0.0631. The van der Waals surface area contributed by atoms with Crippen LogP contribution in [0.25, 0.3) is 22.6 Å². The van der Waals surface area contributed by atoms with E-state index in [4.69, 9.17) is 11.5 Å². The first-order chi connectivity index (χ1) is 11.5. The molecule has 3 aromatic heterocycles. The molecular formula is C16H15FN6O. The summed E-state index contributed by atoms with van der Waals surface area (Å²) in [6.45, 7) is 1.92. The highest BCUT2D eigenvalue weighted by atomic mass is 19.1. The van der Waals surface area contributed by atoms with Crippen molar-refractivity contribution in [2.24, 2.45) is 0 Å². The van der Waals surface area contributed by atoms with Gasteiger partial charge in [-0.25, -0.2) is 24.3 Å². The van der Waals surface area contributed by atoms with Gasteiger partial charge in [0, 0.05) is 18.0 Å². The molecule has 0 amide bonds. The van der Waals surface area contributed by atoms with E-state index in [1.165, 1.54) is 24.4 Å². The Labute approximate surface area is 137 Å². The van der Waals surface area contributed by atoms with Crippen LogP contribution in [0.3, 0.4) is 0 Å². The number of nitrogen functional groups attached to an aromatic ring is 2. The highest BCUT2D eigenvalue weighted by molar-refractivity contribution is 5.72. The molecule has 0 bridgehead atoms. The van der Waals surface area contributed by atoms with Gasteiger partial charge in [-0.1, -0.05) is 6.92 Å². The maximum Gasteiger partial charge on any atom is 0.220 e. The van der Waals surface area contributed by atoms with Crippen LogP contribution in [0, 0.1) is 5.82 Å². The van der Waals surface area contributed by atoms with Gasteiger partial charge in [0.25, 0.3) is 0 Å². The predicted octanol–water partition coefficient (Wildman–Crippen LogP) is 2.17. The lowest BCUT2D eigenvalue weighted by Gasteiger charge is -2.11. The molecule has 3 heterocycles. The van der Waals surface area contributed by atoms with Gasteiger partial charge in [0.2, 0.25) is 5.95 Å². The van der Waals surface area contributed by atoms with Crippen molar-refractivity contribution in [1.29, 1.82) is 0 Å². The topological polar surface area (TPSA) is 124 Å². The third-order valence-electron chi connectivity index (χ3n) is 3.55. The molecule has 0 atom stereocenters. The number of nitrogens with zero attached hydrogens (tertiary/aromatic N) is 4. The van der Waals surface area contributed by atoms with Crippen LogP contribution < -0.4 is 11.5 Å². The van der Waals surface area contributed by atoms with Gasteiger partial charge in [0.15, 0.2) is 11.6 Å². The lowest BCUT2D eigenvalue weighted by Crippen LogP contribution is -2.02. The number of anilines is 2. The molecule has 0 saturated heterocycles. The minimum atomic E-state index is -0.667. The van der Waals surface area contributed by atoms with Gasteiger partial charge < -0.3 is 16.6 Å². The first-order valence-corrected chi connectivity index (χ1v) is 7.23. The van der Waals surface area contributed by atoms with Crippen LogP contribution in [0.4, 0.5) is 16.2 Å². The number of pyridine rings is 2. The average molecular weight is 326 g/mol. The second-order valence-corrected chi connectivity index (χ2v) is 5.08. The number of aryl methyl sites for hydroxylation is 1. The van der Waals surface area contributed by atoms with Crippen molar-refractivity contribution in [3.8, 4) is 28.4 Å². The lowest BCUT2D eigenvalue weighted by atomic mass is 10.1. The monoisotopic (exact) mass is 326 g/mol. The first kappa shape index (κ1) is 15.6. The quantitative estimate of drug-likeness (QED) is 0.673. The maximum atomic E-state index is 14.2. The largest absolute Gasteiger partial charge is 0.506 e. The van der Waals surface area contributed by atoms with Crippen LogP contribution in [0.5, 0.6) is 5.75 Å². The molecular weight excluding hydrogens is 311 g/mol. The SMILES string of the molecule is CCc1cnc(N)nc1-c1nc(-c2ccnc(N)c2F)ccc1O. The summed E-state index contributed by atoms with van der Waals surface area (Å²) in [6, 6.07) is 4.38. The van der Waals surface area contributed by atoms with E-state index in [0.29, 0.717) is 17.8 Å². The van der Waals surface area contributed by atoms with Crippen molar-refractivity contribution in [3.63, 3.8) is 0 Å². The molecule has 0 saturated carbocycles. The van der Waals surface area contributed by atoms with E-state index < -0.39 is 5.82 Å². The highest BCUT2D eigenvalue weighted by Crippen LogP contribution is 2.32. The number of aromatic hydroxyl groups is 1. The van der Waals surface area contributed by atoms with Crippen molar-refractivity contribution >= 4 is 11.8 Å². The Morgan fingerprint density at radius 3 is 2.62 bits per heavy atom. The summed E-state index contributed by atoms with van der Waals surface area (Å²) in [4.78, 5) is 16.1. The second kappa shape index (κ2) is 6.07. The fraction of sp³-hybridized carbons (Fsp3) is 0.125. The zero-order valence-electron chi connectivity index (χ0n) is 12.9. The summed E-state index contributed by atoms with van der Waals surface area (Å²) < 4.78 is 14.2. The van der Waals surface area contributed by atoms with E-state index in [9.17, 15) is 9.50 Å². The first-order valence-electron chi connectivity index (χ1n) is 7.23. The zero-order valence-corrected chi connectivity index (χ0v) is 12.9. The molecule has 8 heteroatoms. The van der Waals surface area contributed by atoms with E-state index in [0.717, 1.165) is 5.56 Å². The minimum Gasteiger partial charge on any atom is -0.506 e. The molecule has 0 aromatic carbocycles. The van der Waals surface area contributed by atoms with E-state index in [1.54, 1.807) is 6.20 Å². The van der Waals surface area contributed by atoms with Gasteiger partial charge in [0.05, 0.1) is 5.69 Å². The number of hydrogen-bond acceptors (Lipinski definition) is 7. The smallest absolute Gasteiger partial charge is 0.220 e. The molecule has 0 spiro atoms. The van der Waals surface area contributed by atoms with Crippen LogP contribution in [-0.4, -0.2) is 25.0 Å². The number of rotatable bonds is 3. The number of halogens is 1. The van der Waals surface area contributed by atoms with E-state index in [1.807, 2.05) is 6.92 Å². The highest BCUT2D eigenvalue weighted by Gasteiger charge is 2.17. The van der Waals surface area contributed by atoms with Gasteiger partial charge in [-0.05, 0) is 30.2 Å². The summed E-state index contributed by atoms with van der Waals surface area (Å²) in [5.41, 5.74) is 13.0. The van der Waals surface area contributed by atoms with Crippen molar-refractivity contribution in [2.75, 3.05) is 11.5 Å². The Hall–Kier alpha value is -3.29. The van der Waals surface area contributed by atoms with Gasteiger partial charge in [-0.2, -0.15) is 0 Å². The summed E-state index contributed by atoms with van der Waals surface area (Å²) >= 11 is 0. The average Bonchev–Trinajstić information content (AvgIpc) is 2.58. The Bertz CT molecular complexity index is 915. The molecule has 0 aliphatic rings. The van der Waals surface area contributed by atoms with Crippen LogP contribution >= 0.6 is 0 Å². The normalized spacial score (nSPS) is 10.8. The molecule has 3 aromatic rings. The van der Waals surface area contributed by atoms with E-state index in [-0.39, 0.29) is 28.8 Å². The van der Waals surface area contributed by atoms with Gasteiger partial charge in [-0.3, -0.25) is 0 Å². The number of hydrogen-bond donors (Lipinski definition) is 3. The fourth-order valence-electron chi connectivity index (χ4n) is 2.32. The van der Waals surface area contributed by atoms with E-state index >= 15 is 0 Å². The Kier molecular flexibility index (Phi) is 3.95. The summed E-state index contributed by atoms with van der Waals surface area (Å²) in [5, 5.41) is 10.2. The Morgan fingerprint density at radius 1 is 1.08 bits per heavy atom. The summed E-state index contributed by atoms with van der Waals surface area (Å²) in [6.07, 6.45) is 3.59. The van der Waals surface area contributed by atoms with Crippen LogP contribution in [0.1, 0.15) is 12.5 Å². The third kappa shape index (κ3) is 2.69. The van der Waals surface area contributed by atoms with Crippen molar-refractivity contribution < 1.29 is 9.50 Å². The molecule has 0 radical (unpaired) electrons.